The molecule has 0 fully saturated rings. The third-order valence-corrected chi connectivity index (χ3v) is 2.84. The van der Waals surface area contributed by atoms with E-state index in [4.69, 9.17) is 11.5 Å². The van der Waals surface area contributed by atoms with Crippen LogP contribution in [0.3, 0.4) is 0 Å². The molecule has 26 heavy (non-hydrogen) atoms. The van der Waals surface area contributed by atoms with Crippen molar-refractivity contribution in [2.45, 2.75) is 13.1 Å². The summed E-state index contributed by atoms with van der Waals surface area (Å²) in [6, 6.07) is 7.13. The van der Waals surface area contributed by atoms with E-state index in [-0.39, 0.29) is 11.9 Å². The van der Waals surface area contributed by atoms with E-state index in [0.29, 0.717) is 13.1 Å². The third-order valence-electron chi connectivity index (χ3n) is 2.84. The van der Waals surface area contributed by atoms with Gasteiger partial charge >= 0.3 is 6.16 Å². The summed E-state index contributed by atoms with van der Waals surface area (Å²) in [5.74, 6) is -0.198. The summed E-state index contributed by atoms with van der Waals surface area (Å²) in [5, 5.41) is 0. The number of aliphatic imine (C=N–C) groups is 2. The average molecular weight is 358 g/mol. The van der Waals surface area contributed by atoms with E-state index < -0.39 is 6.16 Å². The van der Waals surface area contributed by atoms with Crippen LogP contribution in [0.25, 0.3) is 0 Å². The number of hydroxylamine groups is 2. The number of aromatic nitrogens is 2. The van der Waals surface area contributed by atoms with E-state index in [0.717, 1.165) is 11.1 Å². The Morgan fingerprint density at radius 2 is 1.23 bits per heavy atom. The van der Waals surface area contributed by atoms with Crippen LogP contribution >= 0.6 is 0 Å². The zero-order valence-corrected chi connectivity index (χ0v) is 13.7. The molecule has 11 heteroatoms. The molecule has 6 N–H and O–H groups in total. The Morgan fingerprint density at radius 1 is 0.846 bits per heavy atom. The predicted octanol–water partition coefficient (Wildman–Crippen LogP) is -0.0314. The fourth-order valence-electron chi connectivity index (χ4n) is 1.60. The topological polar surface area (TPSA) is 162 Å². The number of nitrogens with one attached hydrogen (secondary N) is 2. The second kappa shape index (κ2) is 10.1. The maximum atomic E-state index is 11.4. The Bertz CT molecular complexity index is 689. The fraction of sp³-hybridized carbons (Fsp3) is 0.133. The Labute approximate surface area is 149 Å². The first-order valence-electron chi connectivity index (χ1n) is 7.41. The lowest BCUT2D eigenvalue weighted by molar-refractivity contribution is 0.0177. The number of hydrogen-bond acceptors (Lipinski definition) is 7. The molecule has 2 aromatic heterocycles. The van der Waals surface area contributed by atoms with Gasteiger partial charge in [0.25, 0.3) is 0 Å². The molecule has 0 atom stereocenters. The monoisotopic (exact) mass is 358 g/mol. The molecule has 0 unspecified atom stereocenters. The SMILES string of the molecule is NC(=NCc1ccncc1)NOC(=O)ONC(N)=NCc1ccncc1. The number of rotatable bonds is 4. The van der Waals surface area contributed by atoms with E-state index in [1.807, 2.05) is 0 Å². The van der Waals surface area contributed by atoms with Crippen molar-refractivity contribution in [1.82, 2.24) is 20.9 Å². The molecule has 2 rings (SSSR count). The van der Waals surface area contributed by atoms with Gasteiger partial charge < -0.3 is 21.1 Å². The number of hydrogen-bond donors (Lipinski definition) is 4. The first-order valence-corrected chi connectivity index (χ1v) is 7.41. The Hall–Kier alpha value is -3.89. The molecule has 2 heterocycles. The van der Waals surface area contributed by atoms with Gasteiger partial charge in [-0.25, -0.2) is 9.98 Å². The minimum atomic E-state index is -1.12. The zero-order valence-electron chi connectivity index (χ0n) is 13.7. The maximum absolute atomic E-state index is 11.4. The highest BCUT2D eigenvalue weighted by Crippen LogP contribution is 1.98. The molecule has 0 saturated carbocycles. The molecule has 136 valence electrons. The highest BCUT2D eigenvalue weighted by atomic mass is 16.9. The summed E-state index contributed by atoms with van der Waals surface area (Å²) < 4.78 is 0. The molecule has 0 aliphatic heterocycles. The number of nitrogens with two attached hydrogens (primary N) is 2. The summed E-state index contributed by atoms with van der Waals surface area (Å²) in [6.45, 7) is 0.596. The van der Waals surface area contributed by atoms with Gasteiger partial charge in [-0.15, -0.1) is 0 Å². The molecular weight excluding hydrogens is 340 g/mol. The lowest BCUT2D eigenvalue weighted by Crippen LogP contribution is -2.38. The summed E-state index contributed by atoms with van der Waals surface area (Å²) in [4.78, 5) is 36.2. The van der Waals surface area contributed by atoms with Crippen LogP contribution in [0.15, 0.2) is 59.0 Å². The molecule has 0 amide bonds. The van der Waals surface area contributed by atoms with Crippen LogP contribution in [0.1, 0.15) is 11.1 Å². The minimum Gasteiger partial charge on any atom is -0.368 e. The lowest BCUT2D eigenvalue weighted by atomic mass is 10.3. The zero-order chi connectivity index (χ0) is 18.6. The van der Waals surface area contributed by atoms with Crippen LogP contribution in [0, 0.1) is 0 Å². The number of carbonyl (C=O) groups is 1. The highest BCUT2D eigenvalue weighted by Gasteiger charge is 2.06. The standard InChI is InChI=1S/C15H18N8O3/c16-13(20-9-11-1-5-18-6-2-11)22-25-15(24)26-23-14(17)21-10-12-3-7-19-8-4-12/h1-8H,9-10H2,(H3,16,20,22)(H3,17,21,23). The smallest absolute Gasteiger partial charge is 0.368 e. The Kier molecular flexibility index (Phi) is 7.15. The Morgan fingerprint density at radius 3 is 1.62 bits per heavy atom. The molecule has 0 radical (unpaired) electrons. The van der Waals surface area contributed by atoms with Gasteiger partial charge in [-0.2, -0.15) is 15.8 Å². The van der Waals surface area contributed by atoms with Crippen molar-refractivity contribution in [3.05, 3.63) is 60.2 Å². The molecular formula is C15H18N8O3. The van der Waals surface area contributed by atoms with Gasteiger partial charge in [-0.05, 0) is 35.4 Å². The summed E-state index contributed by atoms with van der Waals surface area (Å²) in [6.07, 6.45) is 5.42. The van der Waals surface area contributed by atoms with Gasteiger partial charge in [0.2, 0.25) is 11.9 Å². The molecule has 2 aromatic rings. The maximum Gasteiger partial charge on any atom is 0.558 e. The molecule has 0 aliphatic rings. The van der Waals surface area contributed by atoms with Crippen molar-refractivity contribution in [2.75, 3.05) is 0 Å². The van der Waals surface area contributed by atoms with E-state index in [2.05, 4.69) is 40.6 Å². The summed E-state index contributed by atoms with van der Waals surface area (Å²) >= 11 is 0. The van der Waals surface area contributed by atoms with Crippen LogP contribution in [-0.4, -0.2) is 28.0 Å². The van der Waals surface area contributed by atoms with E-state index in [1.165, 1.54) is 0 Å². The van der Waals surface area contributed by atoms with Crippen LogP contribution < -0.4 is 22.4 Å². The highest BCUT2D eigenvalue weighted by molar-refractivity contribution is 5.79. The number of pyridine rings is 2. The quantitative estimate of drug-likeness (QED) is 0.334. The first kappa shape index (κ1) is 18.4. The lowest BCUT2D eigenvalue weighted by Gasteiger charge is -2.07. The van der Waals surface area contributed by atoms with Crippen LogP contribution in [0.2, 0.25) is 0 Å². The van der Waals surface area contributed by atoms with Crippen molar-refractivity contribution >= 4 is 18.1 Å². The van der Waals surface area contributed by atoms with E-state index in [1.54, 1.807) is 49.1 Å². The largest absolute Gasteiger partial charge is 0.558 e. The van der Waals surface area contributed by atoms with Crippen molar-refractivity contribution in [1.29, 1.82) is 0 Å². The van der Waals surface area contributed by atoms with Crippen molar-refractivity contribution in [2.24, 2.45) is 21.5 Å². The molecule has 11 nitrogen and oxygen atoms in total. The molecule has 0 bridgehead atoms. The van der Waals surface area contributed by atoms with Crippen LogP contribution in [0.5, 0.6) is 0 Å². The summed E-state index contributed by atoms with van der Waals surface area (Å²) in [5.41, 5.74) is 17.2. The Balaban J connectivity index is 1.66. The van der Waals surface area contributed by atoms with Gasteiger partial charge in [-0.1, -0.05) is 0 Å². The second-order valence-electron chi connectivity index (χ2n) is 4.77. The average Bonchev–Trinajstić information content (AvgIpc) is 2.69. The van der Waals surface area contributed by atoms with E-state index >= 15 is 0 Å². The number of carbonyl (C=O) groups excluding carboxylic acids is 1. The summed E-state index contributed by atoms with van der Waals surface area (Å²) in [7, 11) is 0. The molecule has 0 aliphatic carbocycles. The van der Waals surface area contributed by atoms with Crippen molar-refractivity contribution in [3.63, 3.8) is 0 Å². The second-order valence-corrected chi connectivity index (χ2v) is 4.77. The molecule has 0 saturated heterocycles. The fourth-order valence-corrected chi connectivity index (χ4v) is 1.60. The first-order chi connectivity index (χ1) is 12.6. The van der Waals surface area contributed by atoms with Gasteiger partial charge in [0.1, 0.15) is 0 Å². The minimum absolute atomic E-state index is 0.0990. The van der Waals surface area contributed by atoms with Gasteiger partial charge in [0.15, 0.2) is 0 Å². The predicted molar refractivity (Wildman–Crippen MR) is 93.0 cm³/mol. The van der Waals surface area contributed by atoms with Gasteiger partial charge in [0, 0.05) is 24.8 Å². The van der Waals surface area contributed by atoms with Crippen LogP contribution in [0.4, 0.5) is 4.79 Å². The van der Waals surface area contributed by atoms with Crippen molar-refractivity contribution in [3.8, 4) is 0 Å². The van der Waals surface area contributed by atoms with Crippen molar-refractivity contribution < 1.29 is 14.5 Å². The third kappa shape index (κ3) is 7.12. The normalized spacial score (nSPS) is 11.5. The number of guanidine groups is 2. The van der Waals surface area contributed by atoms with Crippen LogP contribution in [-0.2, 0) is 22.8 Å². The molecule has 0 aromatic carbocycles. The number of nitrogens with zero attached hydrogens (tertiary/aromatic N) is 4. The molecule has 0 spiro atoms. The van der Waals surface area contributed by atoms with E-state index in [9.17, 15) is 4.79 Å². The van der Waals surface area contributed by atoms with Gasteiger partial charge in [-0.3, -0.25) is 9.97 Å². The van der Waals surface area contributed by atoms with Gasteiger partial charge in [0.05, 0.1) is 13.1 Å².